The Morgan fingerprint density at radius 2 is 1.86 bits per heavy atom. The van der Waals surface area contributed by atoms with Crippen molar-refractivity contribution in [3.63, 3.8) is 0 Å². The third-order valence-electron chi connectivity index (χ3n) is 3.10. The summed E-state index contributed by atoms with van der Waals surface area (Å²) < 4.78 is 29.9. The van der Waals surface area contributed by atoms with E-state index in [0.29, 0.717) is 17.2 Å². The molecule has 0 aliphatic rings. The van der Waals surface area contributed by atoms with Gasteiger partial charge in [0.05, 0.1) is 10.6 Å². The van der Waals surface area contributed by atoms with E-state index in [2.05, 4.69) is 0 Å². The molecule has 0 aliphatic carbocycles. The maximum absolute atomic E-state index is 12.2. The SMILES string of the molecule is Cc1cccc(S(=O)(=O)CCOc2cccc(CN)c2)c1. The van der Waals surface area contributed by atoms with E-state index in [4.69, 9.17) is 10.5 Å². The molecule has 0 saturated carbocycles. The van der Waals surface area contributed by atoms with Crippen LogP contribution >= 0.6 is 0 Å². The fourth-order valence-electron chi connectivity index (χ4n) is 1.96. The quantitative estimate of drug-likeness (QED) is 0.889. The van der Waals surface area contributed by atoms with Crippen LogP contribution in [-0.4, -0.2) is 20.8 Å². The third-order valence-corrected chi connectivity index (χ3v) is 4.78. The van der Waals surface area contributed by atoms with Gasteiger partial charge in [-0.3, -0.25) is 0 Å². The highest BCUT2D eigenvalue weighted by molar-refractivity contribution is 7.91. The summed E-state index contributed by atoms with van der Waals surface area (Å²) in [5.41, 5.74) is 7.43. The summed E-state index contributed by atoms with van der Waals surface area (Å²) in [5, 5.41) is 0. The lowest BCUT2D eigenvalue weighted by atomic mass is 10.2. The lowest BCUT2D eigenvalue weighted by Gasteiger charge is -2.08. The second kappa shape index (κ2) is 6.74. The Morgan fingerprint density at radius 3 is 2.57 bits per heavy atom. The molecule has 2 aromatic rings. The van der Waals surface area contributed by atoms with Crippen molar-refractivity contribution in [2.75, 3.05) is 12.4 Å². The molecule has 0 heterocycles. The molecule has 21 heavy (non-hydrogen) atoms. The van der Waals surface area contributed by atoms with Crippen LogP contribution < -0.4 is 10.5 Å². The van der Waals surface area contributed by atoms with Gasteiger partial charge in [-0.05, 0) is 42.3 Å². The third kappa shape index (κ3) is 4.31. The topological polar surface area (TPSA) is 69.4 Å². The molecule has 0 spiro atoms. The van der Waals surface area contributed by atoms with E-state index in [1.165, 1.54) is 0 Å². The van der Waals surface area contributed by atoms with Crippen LogP contribution in [0.5, 0.6) is 5.75 Å². The molecule has 5 heteroatoms. The molecule has 2 N–H and O–H groups in total. The van der Waals surface area contributed by atoms with Gasteiger partial charge in [0, 0.05) is 6.54 Å². The number of sulfone groups is 1. The van der Waals surface area contributed by atoms with E-state index in [-0.39, 0.29) is 12.4 Å². The van der Waals surface area contributed by atoms with Crippen molar-refractivity contribution in [2.45, 2.75) is 18.4 Å². The van der Waals surface area contributed by atoms with E-state index in [0.717, 1.165) is 11.1 Å². The summed E-state index contributed by atoms with van der Waals surface area (Å²) in [6.07, 6.45) is 0. The second-order valence-corrected chi connectivity index (χ2v) is 6.94. The zero-order valence-corrected chi connectivity index (χ0v) is 12.8. The van der Waals surface area contributed by atoms with Gasteiger partial charge in [0.25, 0.3) is 0 Å². The fraction of sp³-hybridized carbons (Fsp3) is 0.250. The highest BCUT2D eigenvalue weighted by Gasteiger charge is 2.14. The van der Waals surface area contributed by atoms with Gasteiger partial charge < -0.3 is 10.5 Å². The van der Waals surface area contributed by atoms with Crippen LogP contribution in [0.3, 0.4) is 0 Å². The Morgan fingerprint density at radius 1 is 1.10 bits per heavy atom. The minimum absolute atomic E-state index is 0.0523. The summed E-state index contributed by atoms with van der Waals surface area (Å²) in [6.45, 7) is 2.41. The Bertz CT molecular complexity index is 711. The average Bonchev–Trinajstić information content (AvgIpc) is 2.47. The Kier molecular flexibility index (Phi) is 4.98. The maximum Gasteiger partial charge on any atom is 0.181 e. The first-order valence-electron chi connectivity index (χ1n) is 6.72. The average molecular weight is 305 g/mol. The monoisotopic (exact) mass is 305 g/mol. The molecule has 0 unspecified atom stereocenters. The van der Waals surface area contributed by atoms with Gasteiger partial charge in [0.1, 0.15) is 12.4 Å². The van der Waals surface area contributed by atoms with Crippen molar-refractivity contribution in [2.24, 2.45) is 5.73 Å². The van der Waals surface area contributed by atoms with Crippen LogP contribution in [-0.2, 0) is 16.4 Å². The molecule has 0 amide bonds. The molecule has 0 atom stereocenters. The van der Waals surface area contributed by atoms with E-state index >= 15 is 0 Å². The van der Waals surface area contributed by atoms with Gasteiger partial charge in [0.2, 0.25) is 0 Å². The number of aryl methyl sites for hydroxylation is 1. The minimum atomic E-state index is -3.32. The van der Waals surface area contributed by atoms with Gasteiger partial charge in [0.15, 0.2) is 9.84 Å². The number of benzene rings is 2. The molecular weight excluding hydrogens is 286 g/mol. The molecule has 0 aliphatic heterocycles. The minimum Gasteiger partial charge on any atom is -0.493 e. The van der Waals surface area contributed by atoms with Gasteiger partial charge in [-0.25, -0.2) is 8.42 Å². The van der Waals surface area contributed by atoms with E-state index in [9.17, 15) is 8.42 Å². The summed E-state index contributed by atoms with van der Waals surface area (Å²) in [7, 11) is -3.32. The lowest BCUT2D eigenvalue weighted by Crippen LogP contribution is -2.14. The predicted octanol–water partition coefficient (Wildman–Crippen LogP) is 2.31. The van der Waals surface area contributed by atoms with Gasteiger partial charge in [-0.15, -0.1) is 0 Å². The first-order chi connectivity index (χ1) is 10.0. The van der Waals surface area contributed by atoms with Crippen molar-refractivity contribution in [3.05, 3.63) is 59.7 Å². The summed E-state index contributed by atoms with van der Waals surface area (Å²) in [6, 6.07) is 14.2. The Balaban J connectivity index is 1.99. The molecule has 2 rings (SSSR count). The zero-order valence-electron chi connectivity index (χ0n) is 12.0. The number of hydrogen-bond donors (Lipinski definition) is 1. The lowest BCUT2D eigenvalue weighted by molar-refractivity contribution is 0.340. The van der Waals surface area contributed by atoms with E-state index in [1.807, 2.05) is 31.2 Å². The number of rotatable bonds is 6. The van der Waals surface area contributed by atoms with Crippen LogP contribution in [0, 0.1) is 6.92 Å². The van der Waals surface area contributed by atoms with Crippen molar-refractivity contribution >= 4 is 9.84 Å². The molecule has 4 nitrogen and oxygen atoms in total. The molecule has 2 aromatic carbocycles. The first kappa shape index (κ1) is 15.5. The van der Waals surface area contributed by atoms with Crippen molar-refractivity contribution in [1.82, 2.24) is 0 Å². The summed E-state index contributed by atoms with van der Waals surface area (Å²) >= 11 is 0. The Hall–Kier alpha value is -1.85. The summed E-state index contributed by atoms with van der Waals surface area (Å²) in [5.74, 6) is 0.584. The second-order valence-electron chi connectivity index (χ2n) is 4.84. The number of hydrogen-bond acceptors (Lipinski definition) is 4. The normalized spacial score (nSPS) is 11.3. The van der Waals surface area contributed by atoms with Gasteiger partial charge in [-0.1, -0.05) is 24.3 Å². The largest absolute Gasteiger partial charge is 0.493 e. The number of nitrogens with two attached hydrogens (primary N) is 1. The van der Waals surface area contributed by atoms with Crippen LogP contribution in [0.2, 0.25) is 0 Å². The van der Waals surface area contributed by atoms with Crippen LogP contribution in [0.4, 0.5) is 0 Å². The fourth-order valence-corrected chi connectivity index (χ4v) is 3.15. The van der Waals surface area contributed by atoms with Crippen LogP contribution in [0.15, 0.2) is 53.4 Å². The standard InChI is InChI=1S/C16H19NO3S/c1-13-4-2-7-16(10-13)21(18,19)9-8-20-15-6-3-5-14(11-15)12-17/h2-7,10-11H,8-9,12,17H2,1H3. The van der Waals surface area contributed by atoms with Crippen molar-refractivity contribution < 1.29 is 13.2 Å². The van der Waals surface area contributed by atoms with Crippen molar-refractivity contribution in [3.8, 4) is 5.75 Å². The molecule has 112 valence electrons. The molecule has 0 saturated heterocycles. The first-order valence-corrected chi connectivity index (χ1v) is 8.38. The smallest absolute Gasteiger partial charge is 0.181 e. The maximum atomic E-state index is 12.2. The van der Waals surface area contributed by atoms with E-state index < -0.39 is 9.84 Å². The predicted molar refractivity (Wildman–Crippen MR) is 83.1 cm³/mol. The van der Waals surface area contributed by atoms with Gasteiger partial charge in [-0.2, -0.15) is 0 Å². The molecule has 0 aromatic heterocycles. The highest BCUT2D eigenvalue weighted by Crippen LogP contribution is 2.15. The summed E-state index contributed by atoms with van der Waals surface area (Å²) in [4.78, 5) is 0.335. The van der Waals surface area contributed by atoms with Crippen molar-refractivity contribution in [1.29, 1.82) is 0 Å². The van der Waals surface area contributed by atoms with Crippen LogP contribution in [0.25, 0.3) is 0 Å². The number of ether oxygens (including phenoxy) is 1. The molecule has 0 fully saturated rings. The molecular formula is C16H19NO3S. The van der Waals surface area contributed by atoms with Gasteiger partial charge >= 0.3 is 0 Å². The zero-order chi connectivity index (χ0) is 15.3. The highest BCUT2D eigenvalue weighted by atomic mass is 32.2. The van der Waals surface area contributed by atoms with Crippen LogP contribution in [0.1, 0.15) is 11.1 Å². The van der Waals surface area contributed by atoms with E-state index in [1.54, 1.807) is 24.3 Å². The Labute approximate surface area is 125 Å². The molecule has 0 radical (unpaired) electrons. The molecule has 0 bridgehead atoms.